The van der Waals surface area contributed by atoms with Crippen LogP contribution in [0, 0.1) is 12.8 Å². The quantitative estimate of drug-likeness (QED) is 0.738. The van der Waals surface area contributed by atoms with E-state index in [1.54, 1.807) is 24.3 Å². The minimum absolute atomic E-state index is 0.120. The lowest BCUT2D eigenvalue weighted by Gasteiger charge is -2.29. The average molecular weight is 368 g/mol. The molecule has 1 fully saturated rings. The molecule has 0 unspecified atom stereocenters. The van der Waals surface area contributed by atoms with Crippen LogP contribution >= 0.6 is 0 Å². The Hall–Kier alpha value is -1.14. The maximum Gasteiger partial charge on any atom is 0.266 e. The predicted molar refractivity (Wildman–Crippen MR) is 100 cm³/mol. The van der Waals surface area contributed by atoms with Crippen LogP contribution in [0.15, 0.2) is 29.2 Å². The van der Waals surface area contributed by atoms with Crippen LogP contribution in [0.1, 0.15) is 32.3 Å². The zero-order valence-electron chi connectivity index (χ0n) is 15.5. The lowest BCUT2D eigenvalue weighted by molar-refractivity contribution is -0.124. The summed E-state index contributed by atoms with van der Waals surface area (Å²) < 4.78 is 27.6. The highest BCUT2D eigenvalue weighted by molar-refractivity contribution is 7.89. The monoisotopic (exact) mass is 367 g/mol. The molecule has 0 radical (unpaired) electrons. The highest BCUT2D eigenvalue weighted by atomic mass is 32.2. The molecule has 0 aliphatic carbocycles. The van der Waals surface area contributed by atoms with E-state index in [9.17, 15) is 13.2 Å². The van der Waals surface area contributed by atoms with Crippen LogP contribution < -0.4 is 0 Å². The van der Waals surface area contributed by atoms with Gasteiger partial charge in [-0.1, -0.05) is 57.6 Å². The van der Waals surface area contributed by atoms with Crippen molar-refractivity contribution >= 4 is 24.0 Å². The molecule has 24 heavy (non-hydrogen) atoms. The van der Waals surface area contributed by atoms with Gasteiger partial charge in [-0.25, -0.2) is 12.7 Å². The largest absolute Gasteiger partial charge is 0.274 e. The molecule has 3 atom stereocenters. The number of aryl methyl sites for hydroxylation is 1. The van der Waals surface area contributed by atoms with Gasteiger partial charge in [-0.05, 0) is 31.4 Å². The van der Waals surface area contributed by atoms with Gasteiger partial charge in [0.05, 0.1) is 19.0 Å². The van der Waals surface area contributed by atoms with Crippen LogP contribution in [-0.2, 0) is 14.8 Å². The molecule has 1 aliphatic rings. The Morgan fingerprint density at radius 3 is 2.00 bits per heavy atom. The number of nitrogens with zero attached hydrogens (tertiary/aromatic N) is 1. The summed E-state index contributed by atoms with van der Waals surface area (Å²) in [5.41, 5.74) is 0.868. The summed E-state index contributed by atoms with van der Waals surface area (Å²) in [6.45, 7) is 12.4. The van der Waals surface area contributed by atoms with Crippen LogP contribution in [0.3, 0.4) is 0 Å². The van der Waals surface area contributed by atoms with Gasteiger partial charge < -0.3 is 0 Å². The number of amides is 1. The molecule has 0 spiro atoms. The first-order valence-electron chi connectivity index (χ1n) is 8.70. The number of benzene rings is 1. The van der Waals surface area contributed by atoms with Crippen molar-refractivity contribution in [2.75, 3.05) is 0 Å². The third kappa shape index (κ3) is 3.18. The Balaban J connectivity index is 2.55. The molecule has 0 aromatic heterocycles. The van der Waals surface area contributed by atoms with E-state index < -0.39 is 18.1 Å². The SMILES string of the molecule is CC[C@@H]1[C@@H](CC)N(S(=O)(=O)c2ccc(C)cc2)C(=O)[C@H]1[Si](C)(C)C. The summed E-state index contributed by atoms with van der Waals surface area (Å²) in [5.74, 6) is -0.0668. The molecule has 0 bridgehead atoms. The number of carbonyl (C=O) groups is 1. The Morgan fingerprint density at radius 2 is 1.58 bits per heavy atom. The average Bonchev–Trinajstić information content (AvgIpc) is 2.79. The fourth-order valence-electron chi connectivity index (χ4n) is 3.99. The minimum atomic E-state index is -3.80. The summed E-state index contributed by atoms with van der Waals surface area (Å²) in [5, 5.41) is 0. The van der Waals surface area contributed by atoms with E-state index in [0.29, 0.717) is 6.42 Å². The summed E-state index contributed by atoms with van der Waals surface area (Å²) in [6.07, 6.45) is 1.50. The van der Waals surface area contributed by atoms with Crippen molar-refractivity contribution in [3.8, 4) is 0 Å². The van der Waals surface area contributed by atoms with Crippen LogP contribution in [0.2, 0.25) is 25.2 Å². The molecule has 0 saturated carbocycles. The van der Waals surface area contributed by atoms with Crippen LogP contribution in [0.5, 0.6) is 0 Å². The predicted octanol–water partition coefficient (Wildman–Crippen LogP) is 4.04. The van der Waals surface area contributed by atoms with E-state index in [1.807, 2.05) is 13.8 Å². The molecule has 2 rings (SSSR count). The molecule has 6 heteroatoms. The van der Waals surface area contributed by atoms with Crippen LogP contribution in [0.25, 0.3) is 0 Å². The molecule has 134 valence electrons. The number of rotatable bonds is 5. The number of sulfonamides is 1. The first kappa shape index (κ1) is 19.2. The maximum absolute atomic E-state index is 13.2. The van der Waals surface area contributed by atoms with E-state index in [2.05, 4.69) is 26.6 Å². The molecule has 1 amide bonds. The first-order chi connectivity index (χ1) is 11.1. The summed E-state index contributed by atoms with van der Waals surface area (Å²) >= 11 is 0. The molecule has 4 nitrogen and oxygen atoms in total. The second-order valence-corrected chi connectivity index (χ2v) is 15.0. The van der Waals surface area contributed by atoms with Gasteiger partial charge in [0.25, 0.3) is 10.0 Å². The normalized spacial score (nSPS) is 25.3. The maximum atomic E-state index is 13.2. The third-order valence-corrected chi connectivity index (χ3v) is 9.48. The van der Waals surface area contributed by atoms with Crippen molar-refractivity contribution in [2.45, 2.75) is 69.7 Å². The Kier molecular flexibility index (Phi) is 5.30. The van der Waals surface area contributed by atoms with E-state index in [4.69, 9.17) is 0 Å². The standard InChI is InChI=1S/C18H29NO3SSi/c1-7-15-16(8-2)19(18(20)17(15)24(4,5)6)23(21,22)14-11-9-13(3)10-12-14/h9-12,15-17H,7-8H2,1-6H3/t15-,16-,17+/m1/s1. The first-order valence-corrected chi connectivity index (χ1v) is 13.7. The number of carbonyl (C=O) groups excluding carboxylic acids is 1. The van der Waals surface area contributed by atoms with E-state index >= 15 is 0 Å². The van der Waals surface area contributed by atoms with Crippen molar-refractivity contribution < 1.29 is 13.2 Å². The molecular weight excluding hydrogens is 338 g/mol. The minimum Gasteiger partial charge on any atom is -0.274 e. The van der Waals surface area contributed by atoms with Gasteiger partial charge in [-0.3, -0.25) is 4.79 Å². The zero-order valence-corrected chi connectivity index (χ0v) is 17.4. The molecule has 1 aliphatic heterocycles. The highest BCUT2D eigenvalue weighted by Crippen LogP contribution is 2.46. The molecule has 1 saturated heterocycles. The van der Waals surface area contributed by atoms with Gasteiger partial charge in [0.1, 0.15) is 0 Å². The Bertz CT molecular complexity index is 707. The number of hydrogen-bond donors (Lipinski definition) is 0. The Labute approximate surface area is 147 Å². The van der Waals surface area contributed by atoms with Gasteiger partial charge in [-0.2, -0.15) is 0 Å². The van der Waals surface area contributed by atoms with Gasteiger partial charge in [0.15, 0.2) is 0 Å². The Morgan fingerprint density at radius 1 is 1.04 bits per heavy atom. The second-order valence-electron chi connectivity index (χ2n) is 7.84. The van der Waals surface area contributed by atoms with Crippen molar-refractivity contribution in [3.63, 3.8) is 0 Å². The van der Waals surface area contributed by atoms with Gasteiger partial charge in [0.2, 0.25) is 5.91 Å². The summed E-state index contributed by atoms with van der Waals surface area (Å²) in [6, 6.07) is 6.54. The fraction of sp³-hybridized carbons (Fsp3) is 0.611. The van der Waals surface area contributed by atoms with Gasteiger partial charge in [0, 0.05) is 5.54 Å². The van der Waals surface area contributed by atoms with Crippen LogP contribution in [0.4, 0.5) is 0 Å². The van der Waals surface area contributed by atoms with Gasteiger partial charge >= 0.3 is 0 Å². The summed E-state index contributed by atoms with van der Waals surface area (Å²) in [4.78, 5) is 13.4. The lowest BCUT2D eigenvalue weighted by atomic mass is 9.95. The molecule has 1 aromatic rings. The zero-order chi connectivity index (χ0) is 18.3. The topological polar surface area (TPSA) is 54.5 Å². The van der Waals surface area contributed by atoms with Crippen molar-refractivity contribution in [3.05, 3.63) is 29.8 Å². The second kappa shape index (κ2) is 6.63. The summed E-state index contributed by atoms with van der Waals surface area (Å²) in [7, 11) is -5.61. The number of hydrogen-bond acceptors (Lipinski definition) is 3. The van der Waals surface area contributed by atoms with E-state index in [0.717, 1.165) is 12.0 Å². The van der Waals surface area contributed by atoms with E-state index in [1.165, 1.54) is 4.31 Å². The molecule has 0 N–H and O–H groups in total. The lowest BCUT2D eigenvalue weighted by Crippen LogP contribution is -2.41. The van der Waals surface area contributed by atoms with E-state index in [-0.39, 0.29) is 28.3 Å². The van der Waals surface area contributed by atoms with Crippen molar-refractivity contribution in [1.29, 1.82) is 0 Å². The third-order valence-electron chi connectivity index (χ3n) is 5.11. The molecular formula is C18H29NO3SSi. The van der Waals surface area contributed by atoms with Crippen molar-refractivity contribution in [2.24, 2.45) is 5.92 Å². The van der Waals surface area contributed by atoms with Crippen molar-refractivity contribution in [1.82, 2.24) is 4.31 Å². The highest BCUT2D eigenvalue weighted by Gasteiger charge is 2.55. The van der Waals surface area contributed by atoms with Gasteiger partial charge in [-0.15, -0.1) is 0 Å². The molecule has 1 aromatic carbocycles. The van der Waals surface area contributed by atoms with Crippen LogP contribution in [-0.4, -0.2) is 32.7 Å². The smallest absolute Gasteiger partial charge is 0.266 e. The molecule has 1 heterocycles. The fourth-order valence-corrected chi connectivity index (χ4v) is 8.42.